The molecule has 3 heteroatoms. The van der Waals surface area contributed by atoms with Crippen LogP contribution in [-0.4, -0.2) is 12.2 Å². The first-order valence-corrected chi connectivity index (χ1v) is 6.33. The van der Waals surface area contributed by atoms with Gasteiger partial charge in [-0.15, -0.1) is 0 Å². The normalized spacial score (nSPS) is 37.5. The fraction of sp³-hybridized carbons (Fsp3) is 0.900. The Bertz CT molecular complexity index is 195. The predicted molar refractivity (Wildman–Crippen MR) is 55.3 cm³/mol. The molecule has 0 saturated heterocycles. The van der Waals surface area contributed by atoms with E-state index in [1.165, 1.54) is 31.2 Å². The molecule has 0 aromatic heterocycles. The molecular formula is C10H17NOS. The van der Waals surface area contributed by atoms with Gasteiger partial charge in [-0.25, -0.2) is 0 Å². The third kappa shape index (κ3) is 1.58. The van der Waals surface area contributed by atoms with Crippen LogP contribution < -0.4 is 4.72 Å². The molecule has 0 heterocycles. The number of fused-ring (bicyclic) bond motifs is 3. The van der Waals surface area contributed by atoms with Crippen molar-refractivity contribution >= 4 is 17.9 Å². The smallest absolute Gasteiger partial charge is 0.236 e. The number of carbonyl (C=O) groups excluding carboxylic acids is 1. The summed E-state index contributed by atoms with van der Waals surface area (Å²) in [4.78, 5) is 11.8. The summed E-state index contributed by atoms with van der Waals surface area (Å²) in [7, 11) is 0. The Balaban J connectivity index is 2.05. The number of hydrogen-bond acceptors (Lipinski definition) is 2. The molecule has 1 amide bonds. The highest BCUT2D eigenvalue weighted by atomic mass is 32.2. The van der Waals surface area contributed by atoms with E-state index < -0.39 is 0 Å². The van der Waals surface area contributed by atoms with Crippen LogP contribution in [0.4, 0.5) is 0 Å². The molecule has 3 rings (SSSR count). The molecule has 0 radical (unpaired) electrons. The summed E-state index contributed by atoms with van der Waals surface area (Å²) in [5.41, 5.74) is 0.0256. The quantitative estimate of drug-likeness (QED) is 0.692. The van der Waals surface area contributed by atoms with Crippen molar-refractivity contribution in [1.82, 2.24) is 4.72 Å². The molecule has 2 bridgehead atoms. The molecule has 2 nitrogen and oxygen atoms in total. The first kappa shape index (κ1) is 9.38. The Labute approximate surface area is 84.0 Å². The van der Waals surface area contributed by atoms with Crippen molar-refractivity contribution in [3.63, 3.8) is 0 Å². The van der Waals surface area contributed by atoms with Gasteiger partial charge < -0.3 is 0 Å². The van der Waals surface area contributed by atoms with Crippen LogP contribution in [0.1, 0.15) is 38.5 Å². The maximum atomic E-state index is 11.8. The van der Waals surface area contributed by atoms with Crippen molar-refractivity contribution in [3.05, 3.63) is 0 Å². The number of amides is 1. The third-order valence-corrected chi connectivity index (χ3v) is 4.16. The lowest BCUT2D eigenvalue weighted by Gasteiger charge is -2.44. The van der Waals surface area contributed by atoms with Gasteiger partial charge in [0, 0.05) is 6.26 Å². The van der Waals surface area contributed by atoms with E-state index in [0.717, 1.165) is 25.2 Å². The summed E-state index contributed by atoms with van der Waals surface area (Å²) in [6, 6.07) is 0. The Hall–Kier alpha value is -0.180. The van der Waals surface area contributed by atoms with Gasteiger partial charge in [-0.3, -0.25) is 9.52 Å². The molecule has 3 aliphatic carbocycles. The molecule has 0 spiro atoms. The van der Waals surface area contributed by atoms with Crippen molar-refractivity contribution in [2.24, 2.45) is 11.3 Å². The van der Waals surface area contributed by atoms with E-state index in [1.54, 1.807) is 0 Å². The second-order valence-electron chi connectivity index (χ2n) is 4.40. The molecule has 3 saturated carbocycles. The van der Waals surface area contributed by atoms with Gasteiger partial charge in [-0.05, 0) is 44.4 Å². The lowest BCUT2D eigenvalue weighted by molar-refractivity contribution is -0.134. The van der Waals surface area contributed by atoms with Crippen LogP contribution in [0.15, 0.2) is 0 Å². The van der Waals surface area contributed by atoms with E-state index in [1.807, 2.05) is 6.26 Å². The highest BCUT2D eigenvalue weighted by Crippen LogP contribution is 2.50. The van der Waals surface area contributed by atoms with Crippen molar-refractivity contribution < 1.29 is 4.79 Å². The minimum absolute atomic E-state index is 0.0256. The van der Waals surface area contributed by atoms with Crippen LogP contribution in [0.5, 0.6) is 0 Å². The van der Waals surface area contributed by atoms with E-state index >= 15 is 0 Å². The van der Waals surface area contributed by atoms with E-state index in [0.29, 0.717) is 0 Å². The molecule has 0 aliphatic heterocycles. The average molecular weight is 199 g/mol. The van der Waals surface area contributed by atoms with Gasteiger partial charge in [0.05, 0.1) is 5.41 Å². The molecule has 0 unspecified atom stereocenters. The van der Waals surface area contributed by atoms with Crippen molar-refractivity contribution in [2.45, 2.75) is 38.5 Å². The van der Waals surface area contributed by atoms with Crippen molar-refractivity contribution in [3.8, 4) is 0 Å². The van der Waals surface area contributed by atoms with Crippen LogP contribution in [0.2, 0.25) is 0 Å². The molecule has 0 aromatic carbocycles. The molecule has 0 aromatic rings. The molecule has 1 N–H and O–H groups in total. The molecule has 3 aliphatic rings. The Morgan fingerprint density at radius 3 is 2.31 bits per heavy atom. The Morgan fingerprint density at radius 2 is 1.85 bits per heavy atom. The third-order valence-electron chi connectivity index (χ3n) is 3.77. The second kappa shape index (κ2) is 3.52. The van der Waals surface area contributed by atoms with Gasteiger partial charge in [0.2, 0.25) is 5.91 Å². The molecule has 3 fully saturated rings. The van der Waals surface area contributed by atoms with Gasteiger partial charge in [0.25, 0.3) is 0 Å². The Kier molecular flexibility index (Phi) is 2.54. The summed E-state index contributed by atoms with van der Waals surface area (Å²) >= 11 is 1.44. The summed E-state index contributed by atoms with van der Waals surface area (Å²) in [6.07, 6.45) is 9.15. The predicted octanol–water partition coefficient (Wildman–Crippen LogP) is 2.35. The van der Waals surface area contributed by atoms with Crippen molar-refractivity contribution in [2.75, 3.05) is 6.26 Å². The fourth-order valence-electron chi connectivity index (χ4n) is 2.79. The zero-order valence-electron chi connectivity index (χ0n) is 8.14. The highest BCUT2D eigenvalue weighted by Gasteiger charge is 2.45. The van der Waals surface area contributed by atoms with Crippen LogP contribution in [0.25, 0.3) is 0 Å². The molecule has 0 atom stereocenters. The zero-order chi connectivity index (χ0) is 9.31. The SMILES string of the molecule is CSNC(=O)C12CCC(CC1)CC2. The van der Waals surface area contributed by atoms with Crippen LogP contribution in [0.3, 0.4) is 0 Å². The number of rotatable bonds is 2. The Morgan fingerprint density at radius 1 is 1.31 bits per heavy atom. The van der Waals surface area contributed by atoms with Gasteiger partial charge in [-0.2, -0.15) is 0 Å². The van der Waals surface area contributed by atoms with Gasteiger partial charge in [0.15, 0.2) is 0 Å². The maximum absolute atomic E-state index is 11.8. The fourth-order valence-corrected chi connectivity index (χ4v) is 3.19. The van der Waals surface area contributed by atoms with Gasteiger partial charge in [-0.1, -0.05) is 11.9 Å². The topological polar surface area (TPSA) is 29.1 Å². The summed E-state index contributed by atoms with van der Waals surface area (Å²) in [6.45, 7) is 0. The monoisotopic (exact) mass is 199 g/mol. The van der Waals surface area contributed by atoms with Gasteiger partial charge >= 0.3 is 0 Å². The van der Waals surface area contributed by atoms with E-state index in [4.69, 9.17) is 0 Å². The van der Waals surface area contributed by atoms with E-state index in [9.17, 15) is 4.79 Å². The summed E-state index contributed by atoms with van der Waals surface area (Å²) in [5, 5.41) is 0. The maximum Gasteiger partial charge on any atom is 0.236 e. The molecular weight excluding hydrogens is 182 g/mol. The number of nitrogens with one attached hydrogen (secondary N) is 1. The molecule has 13 heavy (non-hydrogen) atoms. The molecule has 74 valence electrons. The van der Waals surface area contributed by atoms with E-state index in [2.05, 4.69) is 4.72 Å². The van der Waals surface area contributed by atoms with E-state index in [-0.39, 0.29) is 11.3 Å². The minimum Gasteiger partial charge on any atom is -0.300 e. The summed E-state index contributed by atoms with van der Waals surface area (Å²) in [5.74, 6) is 1.22. The average Bonchev–Trinajstić information content (AvgIpc) is 2.21. The lowest BCUT2D eigenvalue weighted by Crippen LogP contribution is -2.44. The van der Waals surface area contributed by atoms with Crippen LogP contribution in [0, 0.1) is 11.3 Å². The lowest BCUT2D eigenvalue weighted by atomic mass is 9.60. The standard InChI is InChI=1S/C10H17NOS/c1-13-11-9(12)10-5-2-8(3-6-10)4-7-10/h8H,2-7H2,1H3,(H,11,12). The van der Waals surface area contributed by atoms with Crippen LogP contribution in [-0.2, 0) is 4.79 Å². The van der Waals surface area contributed by atoms with Gasteiger partial charge in [0.1, 0.15) is 0 Å². The summed E-state index contributed by atoms with van der Waals surface area (Å²) < 4.78 is 2.91. The number of carbonyl (C=O) groups is 1. The first-order valence-electron chi connectivity index (χ1n) is 5.10. The zero-order valence-corrected chi connectivity index (χ0v) is 8.95. The minimum atomic E-state index is 0.0256. The highest BCUT2D eigenvalue weighted by molar-refractivity contribution is 7.97. The number of hydrogen-bond donors (Lipinski definition) is 1. The largest absolute Gasteiger partial charge is 0.300 e. The van der Waals surface area contributed by atoms with Crippen LogP contribution >= 0.6 is 11.9 Å². The first-order chi connectivity index (χ1) is 6.27. The van der Waals surface area contributed by atoms with Crippen molar-refractivity contribution in [1.29, 1.82) is 0 Å². The second-order valence-corrected chi connectivity index (χ2v) is 5.01.